The summed E-state index contributed by atoms with van der Waals surface area (Å²) in [5.74, 6) is 0. The summed E-state index contributed by atoms with van der Waals surface area (Å²) >= 11 is 3.75. The highest BCUT2D eigenvalue weighted by Crippen LogP contribution is 2.54. The van der Waals surface area contributed by atoms with Crippen LogP contribution in [0, 0.1) is 0 Å². The highest BCUT2D eigenvalue weighted by molar-refractivity contribution is 7.26. The van der Waals surface area contributed by atoms with Crippen molar-refractivity contribution in [1.29, 1.82) is 0 Å². The first-order chi connectivity index (χ1) is 22.6. The normalized spacial score (nSPS) is 13.6. The van der Waals surface area contributed by atoms with E-state index < -0.39 is 0 Å². The van der Waals surface area contributed by atoms with Crippen molar-refractivity contribution in [2.75, 3.05) is 4.90 Å². The zero-order valence-electron chi connectivity index (χ0n) is 25.5. The lowest BCUT2D eigenvalue weighted by atomic mass is 9.82. The molecule has 3 heteroatoms. The summed E-state index contributed by atoms with van der Waals surface area (Å²) < 4.78 is 5.33. The van der Waals surface area contributed by atoms with Gasteiger partial charge in [-0.2, -0.15) is 0 Å². The second kappa shape index (κ2) is 9.53. The number of hydrogen-bond acceptors (Lipinski definition) is 3. The Morgan fingerprint density at radius 3 is 2.02 bits per heavy atom. The zero-order valence-corrected chi connectivity index (χ0v) is 27.2. The van der Waals surface area contributed by atoms with E-state index in [1.807, 2.05) is 22.7 Å². The molecule has 1 aliphatic carbocycles. The van der Waals surface area contributed by atoms with Gasteiger partial charge in [0.2, 0.25) is 0 Å². The van der Waals surface area contributed by atoms with Crippen molar-refractivity contribution in [2.24, 2.45) is 0 Å². The minimum atomic E-state index is -0.0733. The molecule has 46 heavy (non-hydrogen) atoms. The maximum absolute atomic E-state index is 2.50. The highest BCUT2D eigenvalue weighted by atomic mass is 32.1. The molecule has 0 saturated carbocycles. The Bertz CT molecular complexity index is 2690. The standard InChI is InChI=1S/C43H29NS2/c1-43(2)34-13-6-3-11-31(34)42-35(43)14-9-15-36(42)44(28-20-23-39-33(25-28)30-10-4-7-16-37(30)45-39)27-19-21-29-26(24-27)18-22-40-41(29)32-12-5-8-17-38(32)46-40/h3-25H,1-2H3. The lowest BCUT2D eigenvalue weighted by Gasteiger charge is -2.29. The molecule has 218 valence electrons. The van der Waals surface area contributed by atoms with E-state index in [4.69, 9.17) is 0 Å². The molecule has 1 nitrogen and oxygen atoms in total. The lowest BCUT2D eigenvalue weighted by Crippen LogP contribution is -2.16. The van der Waals surface area contributed by atoms with Crippen LogP contribution in [-0.4, -0.2) is 0 Å². The number of fused-ring (bicyclic) bond motifs is 11. The van der Waals surface area contributed by atoms with Crippen LogP contribution >= 0.6 is 22.7 Å². The minimum absolute atomic E-state index is 0.0733. The summed E-state index contributed by atoms with van der Waals surface area (Å²) in [4.78, 5) is 2.50. The number of thiophene rings is 2. The van der Waals surface area contributed by atoms with Crippen LogP contribution < -0.4 is 4.90 Å². The van der Waals surface area contributed by atoms with Crippen LogP contribution in [0.4, 0.5) is 17.1 Å². The van der Waals surface area contributed by atoms with E-state index >= 15 is 0 Å². The van der Waals surface area contributed by atoms with Gasteiger partial charge in [-0.15, -0.1) is 22.7 Å². The molecule has 1 aliphatic rings. The van der Waals surface area contributed by atoms with Crippen molar-refractivity contribution in [3.8, 4) is 11.1 Å². The highest BCUT2D eigenvalue weighted by Gasteiger charge is 2.37. The van der Waals surface area contributed by atoms with Crippen LogP contribution in [0.15, 0.2) is 140 Å². The van der Waals surface area contributed by atoms with Gasteiger partial charge in [-0.1, -0.05) is 98.8 Å². The zero-order chi connectivity index (χ0) is 30.6. The number of benzene rings is 7. The average Bonchev–Trinajstić information content (AvgIpc) is 3.73. The smallest absolute Gasteiger partial charge is 0.0543 e. The van der Waals surface area contributed by atoms with Crippen LogP contribution in [-0.2, 0) is 5.41 Å². The first-order valence-corrected chi connectivity index (χ1v) is 17.5. The van der Waals surface area contributed by atoms with Crippen molar-refractivity contribution >= 4 is 90.9 Å². The Morgan fingerprint density at radius 2 is 1.13 bits per heavy atom. The summed E-state index contributed by atoms with van der Waals surface area (Å²) in [5, 5.41) is 7.89. The molecule has 0 unspecified atom stereocenters. The van der Waals surface area contributed by atoms with E-state index in [0.717, 1.165) is 0 Å². The number of anilines is 3. The van der Waals surface area contributed by atoms with Gasteiger partial charge in [0.05, 0.1) is 5.69 Å². The SMILES string of the molecule is CC1(C)c2ccccc2-c2c(N(c3ccc4c(ccc5sc6ccccc6c54)c3)c3ccc4sc5ccccc5c4c3)cccc21. The molecule has 0 N–H and O–H groups in total. The Morgan fingerprint density at radius 1 is 0.478 bits per heavy atom. The van der Waals surface area contributed by atoms with Crippen molar-refractivity contribution < 1.29 is 0 Å². The quantitative estimate of drug-likeness (QED) is 0.189. The molecule has 0 aliphatic heterocycles. The Kier molecular flexibility index (Phi) is 5.44. The maximum Gasteiger partial charge on any atom is 0.0543 e. The van der Waals surface area contributed by atoms with Gasteiger partial charge in [0.15, 0.2) is 0 Å². The van der Waals surface area contributed by atoms with E-state index in [0.29, 0.717) is 0 Å². The van der Waals surface area contributed by atoms with E-state index in [1.165, 1.54) is 90.4 Å². The second-order valence-corrected chi connectivity index (χ2v) is 15.1. The van der Waals surface area contributed by atoms with Gasteiger partial charge in [0.25, 0.3) is 0 Å². The van der Waals surface area contributed by atoms with Crippen molar-refractivity contribution in [1.82, 2.24) is 0 Å². The van der Waals surface area contributed by atoms with Crippen molar-refractivity contribution in [3.63, 3.8) is 0 Å². The Balaban J connectivity index is 1.26. The summed E-state index contributed by atoms with van der Waals surface area (Å²) in [7, 11) is 0. The predicted octanol–water partition coefficient (Wildman–Crippen LogP) is 13.4. The van der Waals surface area contributed by atoms with E-state index in [1.54, 1.807) is 0 Å². The van der Waals surface area contributed by atoms with Crippen LogP contribution in [0.2, 0.25) is 0 Å². The van der Waals surface area contributed by atoms with Crippen molar-refractivity contribution in [2.45, 2.75) is 19.3 Å². The summed E-state index contributed by atoms with van der Waals surface area (Å²) in [6.07, 6.45) is 0. The van der Waals surface area contributed by atoms with Crippen LogP contribution in [0.1, 0.15) is 25.0 Å². The molecule has 7 aromatic carbocycles. The average molecular weight is 624 g/mol. The molecule has 2 heterocycles. The van der Waals surface area contributed by atoms with Crippen LogP contribution in [0.3, 0.4) is 0 Å². The monoisotopic (exact) mass is 623 g/mol. The third-order valence-corrected chi connectivity index (χ3v) is 12.3. The molecule has 0 atom stereocenters. The van der Waals surface area contributed by atoms with Gasteiger partial charge in [0, 0.05) is 62.7 Å². The van der Waals surface area contributed by atoms with Gasteiger partial charge in [-0.05, 0) is 82.1 Å². The first kappa shape index (κ1) is 26.3. The number of hydrogen-bond donors (Lipinski definition) is 0. The largest absolute Gasteiger partial charge is 0.310 e. The lowest BCUT2D eigenvalue weighted by molar-refractivity contribution is 0.660. The molecule has 2 aromatic heterocycles. The third-order valence-electron chi connectivity index (χ3n) is 10.0. The van der Waals surface area contributed by atoms with Crippen molar-refractivity contribution in [3.05, 3.63) is 151 Å². The Hall–Kier alpha value is -4.96. The van der Waals surface area contributed by atoms with Gasteiger partial charge in [0.1, 0.15) is 0 Å². The minimum Gasteiger partial charge on any atom is -0.310 e. The maximum atomic E-state index is 2.50. The molecule has 0 bridgehead atoms. The van der Waals surface area contributed by atoms with Gasteiger partial charge in [-0.3, -0.25) is 0 Å². The van der Waals surface area contributed by atoms with Gasteiger partial charge in [-0.25, -0.2) is 0 Å². The molecule has 0 radical (unpaired) electrons. The molecule has 0 amide bonds. The van der Waals surface area contributed by atoms with E-state index in [9.17, 15) is 0 Å². The summed E-state index contributed by atoms with van der Waals surface area (Å²) in [5.41, 5.74) is 8.92. The fourth-order valence-electron chi connectivity index (χ4n) is 7.88. The van der Waals surface area contributed by atoms with Gasteiger partial charge < -0.3 is 4.90 Å². The molecular formula is C43H29NS2. The van der Waals surface area contributed by atoms with E-state index in [2.05, 4.69) is 158 Å². The topological polar surface area (TPSA) is 3.24 Å². The number of nitrogens with zero attached hydrogens (tertiary/aromatic N) is 1. The summed E-state index contributed by atoms with van der Waals surface area (Å²) in [6, 6.07) is 52.1. The predicted molar refractivity (Wildman–Crippen MR) is 202 cm³/mol. The fraction of sp³-hybridized carbons (Fsp3) is 0.0698. The molecule has 0 spiro atoms. The molecular weight excluding hydrogens is 595 g/mol. The molecule has 10 rings (SSSR count). The van der Waals surface area contributed by atoms with Gasteiger partial charge >= 0.3 is 0 Å². The van der Waals surface area contributed by atoms with Crippen LogP contribution in [0.5, 0.6) is 0 Å². The Labute approximate surface area is 275 Å². The fourth-order valence-corrected chi connectivity index (χ4v) is 10.1. The third kappa shape index (κ3) is 3.61. The van der Waals surface area contributed by atoms with E-state index in [-0.39, 0.29) is 5.41 Å². The summed E-state index contributed by atoms with van der Waals surface area (Å²) in [6.45, 7) is 4.73. The first-order valence-electron chi connectivity index (χ1n) is 15.9. The number of rotatable bonds is 3. The molecule has 0 saturated heterocycles. The molecule has 0 fully saturated rings. The second-order valence-electron chi connectivity index (χ2n) is 12.9. The van der Waals surface area contributed by atoms with Crippen LogP contribution in [0.25, 0.3) is 62.2 Å². The molecule has 9 aromatic rings.